The molecule has 15 heavy (non-hydrogen) atoms. The van der Waals surface area contributed by atoms with Crippen LogP contribution in [0.4, 0.5) is 0 Å². The maximum atomic E-state index is 11.5. The van der Waals surface area contributed by atoms with Gasteiger partial charge in [-0.15, -0.1) is 0 Å². The van der Waals surface area contributed by atoms with E-state index >= 15 is 0 Å². The van der Waals surface area contributed by atoms with Crippen LogP contribution in [0.3, 0.4) is 0 Å². The van der Waals surface area contributed by atoms with Crippen LogP contribution in [0.2, 0.25) is 0 Å². The largest absolute Gasteiger partial charge is 0.459 e. The Kier molecular flexibility index (Phi) is 3.26. The number of morpholine rings is 1. The molecule has 2 aliphatic heterocycles. The Morgan fingerprint density at radius 3 is 2.80 bits per heavy atom. The topological polar surface area (TPSA) is 38.8 Å². The van der Waals surface area contributed by atoms with Gasteiger partial charge in [0.1, 0.15) is 0 Å². The first-order chi connectivity index (χ1) is 7.25. The van der Waals surface area contributed by atoms with Crippen molar-refractivity contribution in [2.45, 2.75) is 25.9 Å². The van der Waals surface area contributed by atoms with Gasteiger partial charge in [-0.05, 0) is 19.8 Å². The van der Waals surface area contributed by atoms with E-state index in [1.54, 1.807) is 0 Å². The molecule has 4 heteroatoms. The van der Waals surface area contributed by atoms with E-state index in [1.807, 2.05) is 13.1 Å². The molecule has 0 bridgehead atoms. The van der Waals surface area contributed by atoms with Gasteiger partial charge in [0.05, 0.1) is 24.9 Å². The molecule has 0 N–H and O–H groups in total. The third-order valence-corrected chi connectivity index (χ3v) is 2.77. The highest BCUT2D eigenvalue weighted by Gasteiger charge is 2.22. The number of cyclic esters (lactones) is 1. The molecule has 0 aromatic carbocycles. The van der Waals surface area contributed by atoms with Gasteiger partial charge in [0.15, 0.2) is 0 Å². The van der Waals surface area contributed by atoms with Crippen LogP contribution < -0.4 is 0 Å². The molecule has 84 valence electrons. The molecule has 1 unspecified atom stereocenters. The zero-order valence-electron chi connectivity index (χ0n) is 9.07. The van der Waals surface area contributed by atoms with Crippen molar-refractivity contribution in [1.29, 1.82) is 0 Å². The molecular formula is C11H17NO3. The molecular weight excluding hydrogens is 194 g/mol. The summed E-state index contributed by atoms with van der Waals surface area (Å²) in [6, 6.07) is 0. The van der Waals surface area contributed by atoms with Gasteiger partial charge in [-0.3, -0.25) is 0 Å². The van der Waals surface area contributed by atoms with Gasteiger partial charge in [-0.25, -0.2) is 4.79 Å². The second-order valence-electron chi connectivity index (χ2n) is 4.06. The van der Waals surface area contributed by atoms with E-state index in [0.29, 0.717) is 0 Å². The Hall–Kier alpha value is -1.03. The van der Waals surface area contributed by atoms with E-state index in [-0.39, 0.29) is 12.1 Å². The summed E-state index contributed by atoms with van der Waals surface area (Å²) >= 11 is 0. The number of hydrogen-bond donors (Lipinski definition) is 0. The van der Waals surface area contributed by atoms with Crippen molar-refractivity contribution in [2.75, 3.05) is 26.3 Å². The standard InChI is InChI=1S/C11H17NO3/c1-9-2-3-10(11(13)15-9)8-12-4-6-14-7-5-12/h8-9H,2-7H2,1H3/b10-8-. The minimum Gasteiger partial charge on any atom is -0.459 e. The maximum Gasteiger partial charge on any atom is 0.335 e. The second kappa shape index (κ2) is 4.66. The molecule has 1 atom stereocenters. The molecule has 2 saturated heterocycles. The lowest BCUT2D eigenvalue weighted by Crippen LogP contribution is -2.33. The second-order valence-corrected chi connectivity index (χ2v) is 4.06. The van der Waals surface area contributed by atoms with Crippen LogP contribution in [0.25, 0.3) is 0 Å². The summed E-state index contributed by atoms with van der Waals surface area (Å²) in [4.78, 5) is 13.7. The highest BCUT2D eigenvalue weighted by molar-refractivity contribution is 5.89. The van der Waals surface area contributed by atoms with E-state index in [0.717, 1.165) is 44.7 Å². The van der Waals surface area contributed by atoms with Gasteiger partial charge in [0.25, 0.3) is 0 Å². The number of nitrogens with zero attached hydrogens (tertiary/aromatic N) is 1. The van der Waals surface area contributed by atoms with Crippen molar-refractivity contribution in [3.05, 3.63) is 11.8 Å². The molecule has 0 spiro atoms. The molecule has 2 fully saturated rings. The highest BCUT2D eigenvalue weighted by atomic mass is 16.5. The summed E-state index contributed by atoms with van der Waals surface area (Å²) in [7, 11) is 0. The normalized spacial score (nSPS) is 30.5. The lowest BCUT2D eigenvalue weighted by atomic mass is 10.1. The van der Waals surface area contributed by atoms with Gasteiger partial charge >= 0.3 is 5.97 Å². The molecule has 0 radical (unpaired) electrons. The first-order valence-electron chi connectivity index (χ1n) is 5.49. The summed E-state index contributed by atoms with van der Waals surface area (Å²) in [5.41, 5.74) is 0.801. The van der Waals surface area contributed by atoms with Gasteiger partial charge in [0, 0.05) is 19.3 Å². The van der Waals surface area contributed by atoms with Gasteiger partial charge in [0.2, 0.25) is 0 Å². The number of carbonyl (C=O) groups is 1. The smallest absolute Gasteiger partial charge is 0.335 e. The summed E-state index contributed by atoms with van der Waals surface area (Å²) in [5.74, 6) is -0.153. The van der Waals surface area contributed by atoms with Gasteiger partial charge < -0.3 is 14.4 Å². The SMILES string of the molecule is CC1CC/C(=C/N2CCOCC2)C(=O)O1. The predicted octanol–water partition coefficient (Wildman–Crippen LogP) is 0.928. The van der Waals surface area contributed by atoms with Crippen molar-refractivity contribution in [1.82, 2.24) is 4.90 Å². The van der Waals surface area contributed by atoms with Gasteiger partial charge in [-0.2, -0.15) is 0 Å². The number of ether oxygens (including phenoxy) is 2. The maximum absolute atomic E-state index is 11.5. The van der Waals surface area contributed by atoms with Crippen LogP contribution in [0, 0.1) is 0 Å². The Morgan fingerprint density at radius 2 is 2.13 bits per heavy atom. The minimum atomic E-state index is -0.153. The molecule has 0 aromatic heterocycles. The van der Waals surface area contributed by atoms with E-state index in [4.69, 9.17) is 9.47 Å². The Balaban J connectivity index is 1.96. The molecule has 2 heterocycles. The van der Waals surface area contributed by atoms with Crippen LogP contribution in [0.1, 0.15) is 19.8 Å². The number of carbonyl (C=O) groups excluding carboxylic acids is 1. The third kappa shape index (κ3) is 2.72. The zero-order chi connectivity index (χ0) is 10.7. The van der Waals surface area contributed by atoms with Crippen molar-refractivity contribution in [3.8, 4) is 0 Å². The Bertz CT molecular complexity index is 269. The summed E-state index contributed by atoms with van der Waals surface area (Å²) in [6.07, 6.45) is 3.77. The van der Waals surface area contributed by atoms with Crippen molar-refractivity contribution < 1.29 is 14.3 Å². The first kappa shape index (κ1) is 10.5. The lowest BCUT2D eigenvalue weighted by molar-refractivity contribution is -0.146. The Morgan fingerprint density at radius 1 is 1.40 bits per heavy atom. The number of esters is 1. The van der Waals surface area contributed by atoms with Crippen molar-refractivity contribution in [3.63, 3.8) is 0 Å². The lowest BCUT2D eigenvalue weighted by Gasteiger charge is -2.28. The molecule has 0 aliphatic carbocycles. The first-order valence-corrected chi connectivity index (χ1v) is 5.49. The van der Waals surface area contributed by atoms with Crippen LogP contribution in [0.15, 0.2) is 11.8 Å². The predicted molar refractivity (Wildman–Crippen MR) is 55.3 cm³/mol. The summed E-state index contributed by atoms with van der Waals surface area (Å²) in [6.45, 7) is 5.16. The van der Waals surface area contributed by atoms with Crippen LogP contribution in [0.5, 0.6) is 0 Å². The fourth-order valence-corrected chi connectivity index (χ4v) is 1.82. The van der Waals surface area contributed by atoms with Crippen LogP contribution >= 0.6 is 0 Å². The average molecular weight is 211 g/mol. The van der Waals surface area contributed by atoms with Crippen LogP contribution in [-0.4, -0.2) is 43.3 Å². The quantitative estimate of drug-likeness (QED) is 0.478. The fraction of sp³-hybridized carbons (Fsp3) is 0.727. The van der Waals surface area contributed by atoms with Gasteiger partial charge in [-0.1, -0.05) is 0 Å². The van der Waals surface area contributed by atoms with Crippen molar-refractivity contribution in [2.24, 2.45) is 0 Å². The summed E-state index contributed by atoms with van der Waals surface area (Å²) < 4.78 is 10.4. The fourth-order valence-electron chi connectivity index (χ4n) is 1.82. The monoisotopic (exact) mass is 211 g/mol. The Labute approximate surface area is 89.8 Å². The number of hydrogen-bond acceptors (Lipinski definition) is 4. The zero-order valence-corrected chi connectivity index (χ0v) is 9.07. The molecule has 0 aromatic rings. The summed E-state index contributed by atoms with van der Waals surface area (Å²) in [5, 5.41) is 0. The average Bonchev–Trinajstić information content (AvgIpc) is 2.24. The number of rotatable bonds is 1. The van der Waals surface area contributed by atoms with E-state index in [2.05, 4.69) is 4.90 Å². The molecule has 0 saturated carbocycles. The van der Waals surface area contributed by atoms with E-state index in [9.17, 15) is 4.79 Å². The highest BCUT2D eigenvalue weighted by Crippen LogP contribution is 2.19. The van der Waals surface area contributed by atoms with Crippen molar-refractivity contribution >= 4 is 5.97 Å². The third-order valence-electron chi connectivity index (χ3n) is 2.77. The van der Waals surface area contributed by atoms with E-state index < -0.39 is 0 Å². The molecule has 2 rings (SSSR count). The molecule has 0 amide bonds. The van der Waals surface area contributed by atoms with Crippen LogP contribution in [-0.2, 0) is 14.3 Å². The van der Waals surface area contributed by atoms with E-state index in [1.165, 1.54) is 0 Å². The molecule has 4 nitrogen and oxygen atoms in total. The molecule has 2 aliphatic rings. The minimum absolute atomic E-state index is 0.0688.